The van der Waals surface area contributed by atoms with Gasteiger partial charge in [-0.3, -0.25) is 0 Å². The number of halogens is 1. The predicted octanol–water partition coefficient (Wildman–Crippen LogP) is 3.38. The summed E-state index contributed by atoms with van der Waals surface area (Å²) in [5.41, 5.74) is 2.10. The molecule has 7 nitrogen and oxygen atoms in total. The summed E-state index contributed by atoms with van der Waals surface area (Å²) >= 11 is 0. The van der Waals surface area contributed by atoms with Crippen LogP contribution in [0.25, 0.3) is 22.6 Å². The summed E-state index contributed by atoms with van der Waals surface area (Å²) in [6, 6.07) is 6.41. The first-order chi connectivity index (χ1) is 13.7. The second-order valence-electron chi connectivity index (χ2n) is 6.41. The van der Waals surface area contributed by atoms with Gasteiger partial charge >= 0.3 is 0 Å². The first-order valence-electron chi connectivity index (χ1n) is 9.01. The minimum atomic E-state index is -0.301. The van der Waals surface area contributed by atoms with Crippen LogP contribution in [0.1, 0.15) is 6.42 Å². The van der Waals surface area contributed by atoms with E-state index in [1.165, 1.54) is 12.1 Å². The number of benzene rings is 1. The van der Waals surface area contributed by atoms with Gasteiger partial charge in [0.05, 0.1) is 6.33 Å². The molecule has 0 unspecified atom stereocenters. The van der Waals surface area contributed by atoms with E-state index in [4.69, 9.17) is 0 Å². The number of nitrogens with zero attached hydrogens (tertiary/aromatic N) is 6. The van der Waals surface area contributed by atoms with E-state index in [0.29, 0.717) is 23.0 Å². The zero-order valence-electron chi connectivity index (χ0n) is 15.5. The summed E-state index contributed by atoms with van der Waals surface area (Å²) < 4.78 is 17.6. The van der Waals surface area contributed by atoms with Crippen molar-refractivity contribution in [3.8, 4) is 22.6 Å². The number of hydrogen-bond donors (Lipinski definition) is 1. The fourth-order valence-corrected chi connectivity index (χ4v) is 2.98. The molecule has 142 valence electrons. The average molecular weight is 377 g/mol. The van der Waals surface area contributed by atoms with Gasteiger partial charge in [0.25, 0.3) is 0 Å². The maximum absolute atomic E-state index is 13.7. The highest BCUT2D eigenvalue weighted by Gasteiger charge is 2.15. The zero-order valence-corrected chi connectivity index (χ0v) is 15.5. The Hall–Kier alpha value is -3.55. The van der Waals surface area contributed by atoms with Gasteiger partial charge in [-0.2, -0.15) is 0 Å². The van der Waals surface area contributed by atoms with E-state index in [1.54, 1.807) is 31.0 Å². The molecule has 0 amide bonds. The van der Waals surface area contributed by atoms with Crippen molar-refractivity contribution < 1.29 is 4.39 Å². The molecule has 8 heteroatoms. The topological polar surface area (TPSA) is 73.5 Å². The van der Waals surface area contributed by atoms with Crippen LogP contribution < -0.4 is 5.32 Å². The Labute approximate surface area is 161 Å². The smallest absolute Gasteiger partial charge is 0.223 e. The van der Waals surface area contributed by atoms with Gasteiger partial charge < -0.3 is 14.5 Å². The monoisotopic (exact) mass is 377 g/mol. The number of rotatable bonds is 7. The van der Waals surface area contributed by atoms with Gasteiger partial charge in [-0.15, -0.1) is 0 Å². The molecule has 4 aromatic rings. The van der Waals surface area contributed by atoms with Gasteiger partial charge in [0, 0.05) is 56.7 Å². The highest BCUT2D eigenvalue weighted by atomic mass is 19.1. The lowest BCUT2D eigenvalue weighted by Gasteiger charge is -2.12. The fourth-order valence-electron chi connectivity index (χ4n) is 2.98. The molecule has 3 aromatic heterocycles. The average Bonchev–Trinajstić information content (AvgIpc) is 3.37. The van der Waals surface area contributed by atoms with E-state index >= 15 is 0 Å². The van der Waals surface area contributed by atoms with Crippen LogP contribution in [0.15, 0.2) is 61.6 Å². The highest BCUT2D eigenvalue weighted by Crippen LogP contribution is 2.30. The number of aryl methyl sites for hydroxylation is 2. The third-order valence-electron chi connectivity index (χ3n) is 4.39. The number of nitrogens with one attached hydrogen (secondary N) is 1. The maximum Gasteiger partial charge on any atom is 0.223 e. The van der Waals surface area contributed by atoms with Crippen molar-refractivity contribution >= 4 is 5.95 Å². The van der Waals surface area contributed by atoms with Crippen molar-refractivity contribution in [2.45, 2.75) is 13.0 Å². The van der Waals surface area contributed by atoms with E-state index in [-0.39, 0.29) is 5.82 Å². The van der Waals surface area contributed by atoms with Gasteiger partial charge in [0.1, 0.15) is 11.5 Å². The Bertz CT molecular complexity index is 1060. The van der Waals surface area contributed by atoms with Gasteiger partial charge in [-0.05, 0) is 24.1 Å². The van der Waals surface area contributed by atoms with Crippen LogP contribution in [0.5, 0.6) is 0 Å². The van der Waals surface area contributed by atoms with Crippen molar-refractivity contribution in [2.75, 3.05) is 11.9 Å². The summed E-state index contributed by atoms with van der Waals surface area (Å²) in [5, 5.41) is 3.25. The molecule has 0 radical (unpaired) electrons. The first-order valence-corrected chi connectivity index (χ1v) is 9.01. The van der Waals surface area contributed by atoms with Crippen LogP contribution >= 0.6 is 0 Å². The first kappa shape index (κ1) is 17.8. The highest BCUT2D eigenvalue weighted by molar-refractivity contribution is 5.78. The predicted molar refractivity (Wildman–Crippen MR) is 105 cm³/mol. The summed E-state index contributed by atoms with van der Waals surface area (Å²) in [7, 11) is 1.90. The Morgan fingerprint density at radius 3 is 2.82 bits per heavy atom. The van der Waals surface area contributed by atoms with Crippen molar-refractivity contribution in [2.24, 2.45) is 7.05 Å². The molecule has 0 spiro atoms. The number of imidazole rings is 2. The lowest BCUT2D eigenvalue weighted by Crippen LogP contribution is -2.09. The van der Waals surface area contributed by atoms with Gasteiger partial charge in [-0.25, -0.2) is 24.3 Å². The molecule has 0 aliphatic heterocycles. The molecule has 0 saturated carbocycles. The lowest BCUT2D eigenvalue weighted by molar-refractivity contribution is 0.628. The van der Waals surface area contributed by atoms with Crippen LogP contribution in [-0.4, -0.2) is 35.6 Å². The van der Waals surface area contributed by atoms with E-state index in [2.05, 4.69) is 25.3 Å². The summed E-state index contributed by atoms with van der Waals surface area (Å²) in [6.45, 7) is 1.58. The third-order valence-corrected chi connectivity index (χ3v) is 4.39. The summed E-state index contributed by atoms with van der Waals surface area (Å²) in [6.07, 6.45) is 11.7. The van der Waals surface area contributed by atoms with E-state index in [0.717, 1.165) is 25.1 Å². The van der Waals surface area contributed by atoms with Crippen molar-refractivity contribution in [1.29, 1.82) is 0 Å². The van der Waals surface area contributed by atoms with Gasteiger partial charge in [0.2, 0.25) is 5.95 Å². The molecule has 4 rings (SSSR count). The van der Waals surface area contributed by atoms with E-state index < -0.39 is 0 Å². The zero-order chi connectivity index (χ0) is 19.3. The summed E-state index contributed by atoms with van der Waals surface area (Å²) in [5.74, 6) is 0.914. The molecule has 0 aliphatic rings. The second-order valence-corrected chi connectivity index (χ2v) is 6.41. The molecule has 1 N–H and O–H groups in total. The Balaban J connectivity index is 1.58. The van der Waals surface area contributed by atoms with Crippen LogP contribution in [0.2, 0.25) is 0 Å². The van der Waals surface area contributed by atoms with Crippen molar-refractivity contribution in [3.63, 3.8) is 0 Å². The Morgan fingerprint density at radius 2 is 2.07 bits per heavy atom. The largest absolute Gasteiger partial charge is 0.354 e. The Morgan fingerprint density at radius 1 is 1.14 bits per heavy atom. The fraction of sp³-hybridized carbons (Fsp3) is 0.200. The molecule has 0 atom stereocenters. The normalized spacial score (nSPS) is 10.9. The molecule has 0 aliphatic carbocycles. The van der Waals surface area contributed by atoms with E-state index in [1.807, 2.05) is 34.6 Å². The van der Waals surface area contributed by atoms with Crippen LogP contribution in [-0.2, 0) is 13.6 Å². The Kier molecular flexibility index (Phi) is 5.09. The molecule has 28 heavy (non-hydrogen) atoms. The molecule has 0 bridgehead atoms. The molecule has 1 aromatic carbocycles. The molecular formula is C20H20FN7. The third kappa shape index (κ3) is 3.90. The minimum absolute atomic E-state index is 0.301. The SMILES string of the molecule is Cn1ccnc1-c1nc(NCCCn2ccnc2)ncc1-c1cccc(F)c1. The second kappa shape index (κ2) is 7.99. The standard InChI is InChI=1S/C20H20FN7/c1-27-10-8-23-19(27)18-17(15-4-2-5-16(21)12-15)13-25-20(26-18)24-6-3-9-28-11-7-22-14-28/h2,4-5,7-8,10-14H,3,6,9H2,1H3,(H,24,25,26). The molecule has 0 saturated heterocycles. The summed E-state index contributed by atoms with van der Waals surface area (Å²) in [4.78, 5) is 17.5. The molecular weight excluding hydrogens is 357 g/mol. The number of aromatic nitrogens is 6. The minimum Gasteiger partial charge on any atom is -0.354 e. The quantitative estimate of drug-likeness (QED) is 0.500. The molecule has 3 heterocycles. The van der Waals surface area contributed by atoms with E-state index in [9.17, 15) is 4.39 Å². The van der Waals surface area contributed by atoms with Crippen LogP contribution in [0.4, 0.5) is 10.3 Å². The van der Waals surface area contributed by atoms with Gasteiger partial charge in [0.15, 0.2) is 5.82 Å². The number of anilines is 1. The maximum atomic E-state index is 13.7. The number of hydrogen-bond acceptors (Lipinski definition) is 5. The van der Waals surface area contributed by atoms with Gasteiger partial charge in [-0.1, -0.05) is 12.1 Å². The lowest BCUT2D eigenvalue weighted by atomic mass is 10.1. The van der Waals surface area contributed by atoms with Crippen LogP contribution in [0.3, 0.4) is 0 Å². The van der Waals surface area contributed by atoms with Crippen molar-refractivity contribution in [3.05, 3.63) is 67.4 Å². The van der Waals surface area contributed by atoms with Crippen molar-refractivity contribution in [1.82, 2.24) is 29.1 Å². The molecule has 0 fully saturated rings. The van der Waals surface area contributed by atoms with Crippen LogP contribution in [0, 0.1) is 5.82 Å².